The van der Waals surface area contributed by atoms with E-state index in [-0.39, 0.29) is 4.74 Å². The molecule has 0 saturated carbocycles. The summed E-state index contributed by atoms with van der Waals surface area (Å²) in [7, 11) is 0. The molecule has 20 heavy (non-hydrogen) atoms. The fraction of sp³-hybridized carbons (Fsp3) is 0.222. The Labute approximate surface area is 128 Å². The number of allylic oxidation sites excluding steroid dienone is 1. The third-order valence-corrected chi connectivity index (χ3v) is 3.94. The Morgan fingerprint density at radius 2 is 1.15 bits per heavy atom. The number of rotatable bonds is 6. The molecule has 2 rings (SSSR count). The van der Waals surface area contributed by atoms with E-state index in [0.717, 1.165) is 31.3 Å². The molecule has 104 valence electrons. The molecule has 0 spiro atoms. The molecule has 0 heterocycles. The summed E-state index contributed by atoms with van der Waals surface area (Å²) in [6.45, 7) is 0. The molecule has 0 atom stereocenters. The normalized spacial score (nSPS) is 10.3. The van der Waals surface area contributed by atoms with Gasteiger partial charge in [0.05, 0.1) is 0 Å². The standard InChI is InChI=1S/C18H18BrF/c19-18(20)17(13-11-15-7-3-1-4-8-15)14-12-16-9-5-2-6-10-16/h1-10H,11-14H2. The molecular formula is C18H18BrF. The summed E-state index contributed by atoms with van der Waals surface area (Å²) in [4.78, 5) is 0. The molecule has 0 aromatic heterocycles. The SMILES string of the molecule is FC(Br)=C(CCc1ccccc1)CCc1ccccc1. The number of hydrogen-bond acceptors (Lipinski definition) is 0. The van der Waals surface area contributed by atoms with Crippen LogP contribution in [0.2, 0.25) is 0 Å². The maximum Gasteiger partial charge on any atom is 0.164 e. The van der Waals surface area contributed by atoms with Crippen LogP contribution in [-0.4, -0.2) is 0 Å². The molecule has 2 aromatic carbocycles. The highest BCUT2D eigenvalue weighted by Crippen LogP contribution is 2.23. The second-order valence-corrected chi connectivity index (χ2v) is 5.53. The first-order valence-electron chi connectivity index (χ1n) is 6.86. The van der Waals surface area contributed by atoms with Gasteiger partial charge < -0.3 is 0 Å². The molecule has 0 bridgehead atoms. The van der Waals surface area contributed by atoms with Gasteiger partial charge in [-0.1, -0.05) is 60.7 Å². The van der Waals surface area contributed by atoms with E-state index < -0.39 is 0 Å². The molecule has 0 amide bonds. The summed E-state index contributed by atoms with van der Waals surface area (Å²) < 4.78 is 13.4. The summed E-state index contributed by atoms with van der Waals surface area (Å²) in [5.74, 6) is 0. The van der Waals surface area contributed by atoms with Crippen molar-refractivity contribution in [1.82, 2.24) is 0 Å². The first kappa shape index (κ1) is 15.0. The Balaban J connectivity index is 1.90. The number of benzene rings is 2. The molecule has 0 unspecified atom stereocenters. The molecular weight excluding hydrogens is 315 g/mol. The molecule has 0 aliphatic rings. The van der Waals surface area contributed by atoms with Gasteiger partial charge in [0.15, 0.2) is 4.74 Å². The highest BCUT2D eigenvalue weighted by atomic mass is 79.9. The zero-order valence-electron chi connectivity index (χ0n) is 11.4. The number of aryl methyl sites for hydroxylation is 2. The smallest absolute Gasteiger partial charge is 0.164 e. The van der Waals surface area contributed by atoms with Crippen LogP contribution in [-0.2, 0) is 12.8 Å². The summed E-state index contributed by atoms with van der Waals surface area (Å²) >= 11 is 3.00. The van der Waals surface area contributed by atoms with Gasteiger partial charge in [0.2, 0.25) is 0 Å². The maximum atomic E-state index is 13.6. The summed E-state index contributed by atoms with van der Waals surface area (Å²) in [5.41, 5.74) is 3.36. The van der Waals surface area contributed by atoms with E-state index in [9.17, 15) is 4.39 Å². The molecule has 2 aromatic rings. The molecule has 0 N–H and O–H groups in total. The fourth-order valence-corrected chi connectivity index (χ4v) is 2.59. The Morgan fingerprint density at radius 1 is 0.750 bits per heavy atom. The molecule has 0 aliphatic heterocycles. The summed E-state index contributed by atoms with van der Waals surface area (Å²) in [6, 6.07) is 20.4. The molecule has 0 nitrogen and oxygen atoms in total. The first-order valence-corrected chi connectivity index (χ1v) is 7.66. The summed E-state index contributed by atoms with van der Waals surface area (Å²) in [6.07, 6.45) is 3.27. The minimum atomic E-state index is -0.204. The van der Waals surface area contributed by atoms with Crippen LogP contribution >= 0.6 is 15.9 Å². The van der Waals surface area contributed by atoms with Crippen LogP contribution in [0.4, 0.5) is 4.39 Å². The van der Waals surface area contributed by atoms with Crippen molar-refractivity contribution in [2.24, 2.45) is 0 Å². The maximum absolute atomic E-state index is 13.6. The van der Waals surface area contributed by atoms with Crippen molar-refractivity contribution in [2.75, 3.05) is 0 Å². The minimum Gasteiger partial charge on any atom is -0.199 e. The second kappa shape index (κ2) is 8.01. The molecule has 0 radical (unpaired) electrons. The third-order valence-electron chi connectivity index (χ3n) is 3.38. The lowest BCUT2D eigenvalue weighted by atomic mass is 10.00. The van der Waals surface area contributed by atoms with Crippen molar-refractivity contribution in [2.45, 2.75) is 25.7 Å². The average molecular weight is 333 g/mol. The lowest BCUT2D eigenvalue weighted by molar-refractivity contribution is 0.665. The van der Waals surface area contributed by atoms with Gasteiger partial charge in [0.25, 0.3) is 0 Å². The van der Waals surface area contributed by atoms with E-state index in [2.05, 4.69) is 40.2 Å². The second-order valence-electron chi connectivity index (χ2n) is 4.84. The van der Waals surface area contributed by atoms with Crippen molar-refractivity contribution in [3.63, 3.8) is 0 Å². The van der Waals surface area contributed by atoms with Gasteiger partial charge in [-0.15, -0.1) is 0 Å². The van der Waals surface area contributed by atoms with Gasteiger partial charge in [0, 0.05) is 0 Å². The van der Waals surface area contributed by atoms with E-state index in [1.165, 1.54) is 11.1 Å². The molecule has 0 saturated heterocycles. The Kier molecular flexibility index (Phi) is 6.00. The van der Waals surface area contributed by atoms with Crippen LogP contribution in [0, 0.1) is 0 Å². The van der Waals surface area contributed by atoms with Crippen molar-refractivity contribution < 1.29 is 4.39 Å². The lowest BCUT2D eigenvalue weighted by Gasteiger charge is -2.08. The van der Waals surface area contributed by atoms with Crippen LogP contribution in [0.5, 0.6) is 0 Å². The summed E-state index contributed by atoms with van der Waals surface area (Å²) in [5, 5.41) is 0. The lowest BCUT2D eigenvalue weighted by Crippen LogP contribution is -1.94. The molecule has 0 aliphatic carbocycles. The quantitative estimate of drug-likeness (QED) is 0.624. The van der Waals surface area contributed by atoms with Crippen molar-refractivity contribution in [3.8, 4) is 0 Å². The van der Waals surface area contributed by atoms with Crippen LogP contribution in [0.1, 0.15) is 24.0 Å². The van der Waals surface area contributed by atoms with Gasteiger partial charge in [0.1, 0.15) is 0 Å². The highest BCUT2D eigenvalue weighted by Gasteiger charge is 2.06. The Morgan fingerprint density at radius 3 is 1.50 bits per heavy atom. The Bertz CT molecular complexity index is 497. The fourth-order valence-electron chi connectivity index (χ4n) is 2.19. The van der Waals surface area contributed by atoms with E-state index in [0.29, 0.717) is 0 Å². The minimum absolute atomic E-state index is 0.204. The third kappa shape index (κ3) is 4.93. The molecule has 0 fully saturated rings. The average Bonchev–Trinajstić information content (AvgIpc) is 2.49. The number of hydrogen-bond donors (Lipinski definition) is 0. The van der Waals surface area contributed by atoms with E-state index in [1.807, 2.05) is 36.4 Å². The molecule has 2 heteroatoms. The van der Waals surface area contributed by atoms with Crippen molar-refractivity contribution in [3.05, 3.63) is 82.1 Å². The van der Waals surface area contributed by atoms with Gasteiger partial charge in [-0.3, -0.25) is 0 Å². The zero-order valence-corrected chi connectivity index (χ0v) is 12.9. The van der Waals surface area contributed by atoms with E-state index >= 15 is 0 Å². The van der Waals surface area contributed by atoms with Gasteiger partial charge in [-0.2, -0.15) is 4.39 Å². The van der Waals surface area contributed by atoms with Crippen molar-refractivity contribution in [1.29, 1.82) is 0 Å². The van der Waals surface area contributed by atoms with Crippen LogP contribution < -0.4 is 0 Å². The predicted octanol–water partition coefficient (Wildman–Crippen LogP) is 5.83. The number of halogens is 2. The van der Waals surface area contributed by atoms with Crippen LogP contribution in [0.3, 0.4) is 0 Å². The highest BCUT2D eigenvalue weighted by molar-refractivity contribution is 9.11. The van der Waals surface area contributed by atoms with E-state index in [1.54, 1.807) is 0 Å². The van der Waals surface area contributed by atoms with Gasteiger partial charge in [-0.25, -0.2) is 0 Å². The predicted molar refractivity (Wildman–Crippen MR) is 86.6 cm³/mol. The monoisotopic (exact) mass is 332 g/mol. The van der Waals surface area contributed by atoms with Gasteiger partial charge >= 0.3 is 0 Å². The van der Waals surface area contributed by atoms with Crippen LogP contribution in [0.25, 0.3) is 0 Å². The first-order chi connectivity index (χ1) is 9.75. The topological polar surface area (TPSA) is 0 Å². The van der Waals surface area contributed by atoms with Crippen LogP contribution in [0.15, 0.2) is 71.0 Å². The van der Waals surface area contributed by atoms with Crippen molar-refractivity contribution >= 4 is 15.9 Å². The largest absolute Gasteiger partial charge is 0.199 e. The van der Waals surface area contributed by atoms with Gasteiger partial charge in [-0.05, 0) is 58.3 Å². The zero-order chi connectivity index (χ0) is 14.2. The van der Waals surface area contributed by atoms with E-state index in [4.69, 9.17) is 0 Å². The Hall–Kier alpha value is -1.41.